The summed E-state index contributed by atoms with van der Waals surface area (Å²) in [7, 11) is 0. The molecule has 0 fully saturated rings. The van der Waals surface area contributed by atoms with Crippen molar-refractivity contribution in [2.45, 2.75) is 0 Å². The fraction of sp³-hybridized carbons (Fsp3) is 0. The molecule has 0 saturated carbocycles. The van der Waals surface area contributed by atoms with E-state index in [9.17, 15) is 0 Å². The topological polar surface area (TPSA) is 13.1 Å². The van der Waals surface area contributed by atoms with Crippen molar-refractivity contribution in [3.63, 3.8) is 0 Å². The maximum Gasteiger partial charge on any atom is 0.0727 e. The van der Waals surface area contributed by atoms with Crippen LogP contribution in [0.1, 0.15) is 0 Å². The van der Waals surface area contributed by atoms with E-state index in [0.29, 0.717) is 0 Å². The van der Waals surface area contributed by atoms with Crippen molar-refractivity contribution < 1.29 is 0 Å². The maximum absolute atomic E-state index is 2.44. The Bertz CT molecular complexity index is 3880. The first kappa shape index (κ1) is 36.5. The van der Waals surface area contributed by atoms with Crippen LogP contribution in [0.4, 0.5) is 17.1 Å². The third kappa shape index (κ3) is 5.88. The largest absolute Gasteiger partial charge is 0.310 e. The van der Waals surface area contributed by atoms with Crippen LogP contribution in [-0.2, 0) is 0 Å². The van der Waals surface area contributed by atoms with Gasteiger partial charge in [0.2, 0.25) is 0 Å². The van der Waals surface area contributed by atoms with Gasteiger partial charge in [0, 0.05) is 54.7 Å². The number of nitrogens with zero attached hydrogens (tertiary/aromatic N) is 3. The lowest BCUT2D eigenvalue weighted by Gasteiger charge is -2.26. The van der Waals surface area contributed by atoms with Crippen LogP contribution >= 0.6 is 11.3 Å². The molecule has 0 saturated heterocycles. The smallest absolute Gasteiger partial charge is 0.0727 e. The van der Waals surface area contributed by atoms with Crippen LogP contribution in [0.15, 0.2) is 237 Å². The number of benzene rings is 10. The van der Waals surface area contributed by atoms with Gasteiger partial charge in [-0.15, -0.1) is 11.3 Å². The van der Waals surface area contributed by atoms with E-state index in [-0.39, 0.29) is 0 Å². The van der Waals surface area contributed by atoms with Crippen molar-refractivity contribution in [2.75, 3.05) is 4.90 Å². The molecule has 0 spiro atoms. The summed E-state index contributed by atoms with van der Waals surface area (Å²) in [5.41, 5.74) is 15.4. The minimum Gasteiger partial charge on any atom is -0.310 e. The molecule has 0 aliphatic heterocycles. The van der Waals surface area contributed by atoms with Crippen molar-refractivity contribution in [3.8, 4) is 33.6 Å². The number of thiophene rings is 1. The zero-order valence-corrected chi connectivity index (χ0v) is 35.6. The number of anilines is 3. The van der Waals surface area contributed by atoms with Gasteiger partial charge in [0.25, 0.3) is 0 Å². The van der Waals surface area contributed by atoms with Crippen LogP contribution in [0.3, 0.4) is 0 Å². The number of rotatable bonds is 7. The molecule has 3 nitrogen and oxygen atoms in total. The first-order valence-electron chi connectivity index (χ1n) is 21.8. The molecule has 10 aromatic carbocycles. The zero-order valence-electron chi connectivity index (χ0n) is 34.8. The SMILES string of the molecule is c1ccc(-c2ccc(N(c3ccc4cc(-c5ccc6c(c5)c5sc7ccccc7c5n6-c5ccccc5)ccc4c3)c3ccc4c(c3)c3ccccc3n4-c3ccccc3)cc2)cc1. The molecule has 13 rings (SSSR count). The highest BCUT2D eigenvalue weighted by atomic mass is 32.1. The molecule has 0 aliphatic carbocycles. The molecule has 4 heteroatoms. The monoisotopic (exact) mass is 833 g/mol. The standard InChI is InChI=1S/C60H39N3S/c1-4-14-40(15-5-1)41-26-30-48(31-27-41)61(50-33-35-56-53(39-50)51-20-10-12-22-55(51)62(56)46-16-6-2-7-17-46)49-32-28-43-36-42(24-25-44(43)37-49)45-29-34-57-54(38-45)60-59(52-21-11-13-23-58(52)64-60)63(57)47-18-8-3-9-19-47/h1-39H. The van der Waals surface area contributed by atoms with Crippen molar-refractivity contribution in [1.82, 2.24) is 9.13 Å². The Morgan fingerprint density at radius 3 is 1.62 bits per heavy atom. The first-order valence-corrected chi connectivity index (χ1v) is 22.6. The minimum atomic E-state index is 1.10. The van der Waals surface area contributed by atoms with Crippen molar-refractivity contribution in [3.05, 3.63) is 237 Å². The van der Waals surface area contributed by atoms with E-state index in [1.165, 1.54) is 91.7 Å². The number of fused-ring (bicyclic) bond motifs is 9. The Hall–Kier alpha value is -8.18. The summed E-state index contributed by atoms with van der Waals surface area (Å²) in [6.07, 6.45) is 0. The summed E-state index contributed by atoms with van der Waals surface area (Å²) in [6.45, 7) is 0. The first-order chi connectivity index (χ1) is 31.7. The lowest BCUT2D eigenvalue weighted by atomic mass is 9.99. The van der Waals surface area contributed by atoms with E-state index in [2.05, 4.69) is 251 Å². The van der Waals surface area contributed by atoms with E-state index < -0.39 is 0 Å². The minimum absolute atomic E-state index is 1.10. The second-order valence-electron chi connectivity index (χ2n) is 16.6. The van der Waals surface area contributed by atoms with Gasteiger partial charge in [0.1, 0.15) is 0 Å². The lowest BCUT2D eigenvalue weighted by molar-refractivity contribution is 1.18. The molecular weight excluding hydrogens is 795 g/mol. The molecule has 3 aromatic heterocycles. The number of hydrogen-bond acceptors (Lipinski definition) is 2. The van der Waals surface area contributed by atoms with Crippen LogP contribution in [0.5, 0.6) is 0 Å². The summed E-state index contributed by atoms with van der Waals surface area (Å²) in [4.78, 5) is 2.40. The van der Waals surface area contributed by atoms with Gasteiger partial charge in [-0.3, -0.25) is 0 Å². The van der Waals surface area contributed by atoms with E-state index in [0.717, 1.165) is 22.7 Å². The van der Waals surface area contributed by atoms with Crippen LogP contribution in [0.2, 0.25) is 0 Å². The molecule has 0 radical (unpaired) electrons. The van der Waals surface area contributed by atoms with Crippen LogP contribution in [0, 0.1) is 0 Å². The third-order valence-corrected chi connectivity index (χ3v) is 14.1. The summed E-state index contributed by atoms with van der Waals surface area (Å²) >= 11 is 1.89. The second-order valence-corrected chi connectivity index (χ2v) is 17.6. The molecule has 0 bridgehead atoms. The van der Waals surface area contributed by atoms with Crippen molar-refractivity contribution >= 4 is 92.2 Å². The number of para-hydroxylation sites is 3. The summed E-state index contributed by atoms with van der Waals surface area (Å²) < 4.78 is 7.45. The Kier molecular flexibility index (Phi) is 8.40. The Morgan fingerprint density at radius 1 is 0.312 bits per heavy atom. The average Bonchev–Trinajstić information content (AvgIpc) is 4.02. The highest BCUT2D eigenvalue weighted by Crippen LogP contribution is 2.45. The van der Waals surface area contributed by atoms with Gasteiger partial charge in [0.05, 0.1) is 26.8 Å². The summed E-state index contributed by atoms with van der Waals surface area (Å²) in [6, 6.07) is 86.3. The zero-order chi connectivity index (χ0) is 42.1. The van der Waals surface area contributed by atoms with Gasteiger partial charge in [-0.2, -0.15) is 0 Å². The quantitative estimate of drug-likeness (QED) is 0.156. The van der Waals surface area contributed by atoms with Crippen LogP contribution < -0.4 is 4.90 Å². The predicted molar refractivity (Wildman–Crippen MR) is 274 cm³/mol. The average molecular weight is 834 g/mol. The van der Waals surface area contributed by atoms with E-state index in [4.69, 9.17) is 0 Å². The maximum atomic E-state index is 2.44. The molecule has 0 unspecified atom stereocenters. The molecule has 0 atom stereocenters. The van der Waals surface area contributed by atoms with Gasteiger partial charge < -0.3 is 14.0 Å². The predicted octanol–water partition coefficient (Wildman–Crippen LogP) is 17.1. The lowest BCUT2D eigenvalue weighted by Crippen LogP contribution is -2.10. The number of hydrogen-bond donors (Lipinski definition) is 0. The molecule has 0 N–H and O–H groups in total. The summed E-state index contributed by atoms with van der Waals surface area (Å²) in [5.74, 6) is 0. The molecule has 64 heavy (non-hydrogen) atoms. The van der Waals surface area contributed by atoms with Gasteiger partial charge in [-0.05, 0) is 130 Å². The highest BCUT2D eigenvalue weighted by Gasteiger charge is 2.20. The van der Waals surface area contributed by atoms with Gasteiger partial charge >= 0.3 is 0 Å². The Labute approximate surface area is 374 Å². The van der Waals surface area contributed by atoms with E-state index in [1.54, 1.807) is 0 Å². The third-order valence-electron chi connectivity index (χ3n) is 12.9. The van der Waals surface area contributed by atoms with Gasteiger partial charge in [-0.25, -0.2) is 0 Å². The number of aromatic nitrogens is 2. The highest BCUT2D eigenvalue weighted by molar-refractivity contribution is 7.26. The molecule has 13 aromatic rings. The molecule has 0 amide bonds. The summed E-state index contributed by atoms with van der Waals surface area (Å²) in [5, 5.41) is 7.43. The Morgan fingerprint density at radius 2 is 0.828 bits per heavy atom. The van der Waals surface area contributed by atoms with Crippen molar-refractivity contribution in [2.24, 2.45) is 0 Å². The van der Waals surface area contributed by atoms with E-state index in [1.807, 2.05) is 11.3 Å². The molecular formula is C60H39N3S. The fourth-order valence-corrected chi connectivity index (χ4v) is 11.1. The molecule has 3 heterocycles. The second kappa shape index (κ2) is 14.7. The van der Waals surface area contributed by atoms with Crippen LogP contribution in [0.25, 0.3) is 97.4 Å². The molecule has 0 aliphatic rings. The fourth-order valence-electron chi connectivity index (χ4n) is 9.88. The van der Waals surface area contributed by atoms with Crippen LogP contribution in [-0.4, -0.2) is 9.13 Å². The van der Waals surface area contributed by atoms with Crippen molar-refractivity contribution in [1.29, 1.82) is 0 Å². The molecule has 300 valence electrons. The van der Waals surface area contributed by atoms with Gasteiger partial charge in [0.15, 0.2) is 0 Å². The van der Waals surface area contributed by atoms with Gasteiger partial charge in [-0.1, -0.05) is 140 Å². The normalized spacial score (nSPS) is 11.8. The Balaban J connectivity index is 0.935. The van der Waals surface area contributed by atoms with E-state index >= 15 is 0 Å².